The van der Waals surface area contributed by atoms with E-state index in [4.69, 9.17) is 4.74 Å². The molecule has 0 radical (unpaired) electrons. The molecule has 0 bridgehead atoms. The summed E-state index contributed by atoms with van der Waals surface area (Å²) in [6.07, 6.45) is 1.91. The van der Waals surface area contributed by atoms with Gasteiger partial charge in [-0.1, -0.05) is 20.8 Å². The molecule has 2 aliphatic heterocycles. The zero-order chi connectivity index (χ0) is 17.2. The van der Waals surface area contributed by atoms with Gasteiger partial charge in [0.25, 0.3) is 0 Å². The minimum Gasteiger partial charge on any atom is -0.381 e. The molecule has 2 aliphatic rings. The Kier molecular flexibility index (Phi) is 5.25. The Hall–Kier alpha value is -1.40. The number of hydrogen-bond donors (Lipinski definition) is 1. The summed E-state index contributed by atoms with van der Waals surface area (Å²) in [5, 5.41) is 7.61. The fourth-order valence-corrected chi connectivity index (χ4v) is 3.40. The van der Waals surface area contributed by atoms with Crippen LogP contribution in [-0.4, -0.2) is 65.3 Å². The lowest BCUT2D eigenvalue weighted by Crippen LogP contribution is -2.39. The van der Waals surface area contributed by atoms with Crippen LogP contribution in [0.1, 0.15) is 45.0 Å². The highest BCUT2D eigenvalue weighted by atomic mass is 16.5. The van der Waals surface area contributed by atoms with E-state index in [1.54, 1.807) is 0 Å². The van der Waals surface area contributed by atoms with Crippen LogP contribution in [0.5, 0.6) is 0 Å². The fourth-order valence-electron chi connectivity index (χ4n) is 3.40. The van der Waals surface area contributed by atoms with Crippen molar-refractivity contribution in [1.82, 2.24) is 20.0 Å². The summed E-state index contributed by atoms with van der Waals surface area (Å²) in [4.78, 5) is 17.0. The van der Waals surface area contributed by atoms with E-state index in [2.05, 4.69) is 41.9 Å². The Labute approximate surface area is 144 Å². The number of nitrogens with zero attached hydrogens (tertiary/aromatic N) is 3. The van der Waals surface area contributed by atoms with Gasteiger partial charge in [0, 0.05) is 50.4 Å². The first-order valence-corrected chi connectivity index (χ1v) is 9.07. The molecular formula is C18H30N4O2. The van der Waals surface area contributed by atoms with E-state index < -0.39 is 0 Å². The van der Waals surface area contributed by atoms with Crippen molar-refractivity contribution in [3.8, 4) is 0 Å². The van der Waals surface area contributed by atoms with Gasteiger partial charge in [0.05, 0.1) is 18.2 Å². The molecule has 0 aliphatic carbocycles. The highest BCUT2D eigenvalue weighted by Gasteiger charge is 2.29. The fraction of sp³-hybridized carbons (Fsp3) is 0.778. The SMILES string of the molecule is CC(C)(C)c1cc(CN2CCCN(C(=O)C3CCOC3)CC2)[nH]n1. The van der Waals surface area contributed by atoms with Crippen LogP contribution in [0.3, 0.4) is 0 Å². The summed E-state index contributed by atoms with van der Waals surface area (Å²) in [5.41, 5.74) is 2.33. The van der Waals surface area contributed by atoms with Gasteiger partial charge >= 0.3 is 0 Å². The molecule has 1 atom stereocenters. The monoisotopic (exact) mass is 334 g/mol. The standard InChI is InChI=1S/C18H30N4O2/c1-18(2,3)16-11-15(19-20-16)12-21-6-4-7-22(9-8-21)17(23)14-5-10-24-13-14/h11,14H,4-10,12-13H2,1-3H3,(H,19,20). The molecule has 0 aromatic carbocycles. The number of hydrogen-bond acceptors (Lipinski definition) is 4. The number of carbonyl (C=O) groups excluding carboxylic acids is 1. The molecule has 0 spiro atoms. The predicted molar refractivity (Wildman–Crippen MR) is 92.7 cm³/mol. The molecule has 1 amide bonds. The Balaban J connectivity index is 1.53. The highest BCUT2D eigenvalue weighted by molar-refractivity contribution is 5.79. The molecule has 2 saturated heterocycles. The van der Waals surface area contributed by atoms with E-state index in [0.717, 1.165) is 63.6 Å². The van der Waals surface area contributed by atoms with Crippen molar-refractivity contribution in [1.29, 1.82) is 0 Å². The lowest BCUT2D eigenvalue weighted by atomic mass is 9.92. The second-order valence-corrected chi connectivity index (χ2v) is 8.04. The molecule has 3 heterocycles. The summed E-state index contributed by atoms with van der Waals surface area (Å²) >= 11 is 0. The molecule has 2 fully saturated rings. The van der Waals surface area contributed by atoms with Crippen molar-refractivity contribution < 1.29 is 9.53 Å². The van der Waals surface area contributed by atoms with Gasteiger partial charge in [-0.2, -0.15) is 5.10 Å². The molecule has 24 heavy (non-hydrogen) atoms. The quantitative estimate of drug-likeness (QED) is 0.915. The molecule has 1 N–H and O–H groups in total. The number of aromatic amines is 1. The van der Waals surface area contributed by atoms with Crippen LogP contribution in [-0.2, 0) is 21.5 Å². The van der Waals surface area contributed by atoms with Gasteiger partial charge in [-0.05, 0) is 18.9 Å². The molecule has 1 aromatic heterocycles. The van der Waals surface area contributed by atoms with E-state index in [-0.39, 0.29) is 17.2 Å². The lowest BCUT2D eigenvalue weighted by Gasteiger charge is -2.23. The number of aromatic nitrogens is 2. The van der Waals surface area contributed by atoms with Crippen molar-refractivity contribution in [3.63, 3.8) is 0 Å². The highest BCUT2D eigenvalue weighted by Crippen LogP contribution is 2.21. The van der Waals surface area contributed by atoms with Gasteiger partial charge < -0.3 is 9.64 Å². The maximum Gasteiger partial charge on any atom is 0.228 e. The Morgan fingerprint density at radius 1 is 1.33 bits per heavy atom. The Bertz CT molecular complexity index is 558. The van der Waals surface area contributed by atoms with Crippen LogP contribution < -0.4 is 0 Å². The molecule has 3 rings (SSSR count). The van der Waals surface area contributed by atoms with Crippen LogP contribution in [0.25, 0.3) is 0 Å². The molecule has 1 aromatic rings. The van der Waals surface area contributed by atoms with Gasteiger partial charge in [-0.3, -0.25) is 14.8 Å². The van der Waals surface area contributed by atoms with Crippen molar-refractivity contribution in [2.45, 2.75) is 45.6 Å². The third-order valence-electron chi connectivity index (χ3n) is 4.97. The van der Waals surface area contributed by atoms with E-state index in [1.807, 2.05) is 4.90 Å². The molecular weight excluding hydrogens is 304 g/mol. The largest absolute Gasteiger partial charge is 0.381 e. The number of carbonyl (C=O) groups is 1. The smallest absolute Gasteiger partial charge is 0.228 e. The third-order valence-corrected chi connectivity index (χ3v) is 4.97. The van der Waals surface area contributed by atoms with E-state index in [9.17, 15) is 4.79 Å². The maximum absolute atomic E-state index is 12.5. The van der Waals surface area contributed by atoms with Crippen LogP contribution in [0.15, 0.2) is 6.07 Å². The van der Waals surface area contributed by atoms with Crippen molar-refractivity contribution in [2.24, 2.45) is 5.92 Å². The third kappa shape index (κ3) is 4.16. The first kappa shape index (κ1) is 17.4. The molecule has 134 valence electrons. The normalized spacial score (nSPS) is 23.5. The van der Waals surface area contributed by atoms with E-state index in [0.29, 0.717) is 6.61 Å². The van der Waals surface area contributed by atoms with Gasteiger partial charge in [0.2, 0.25) is 5.91 Å². The van der Waals surface area contributed by atoms with Crippen LogP contribution in [0.2, 0.25) is 0 Å². The molecule has 6 heteroatoms. The lowest BCUT2D eigenvalue weighted by molar-refractivity contribution is -0.135. The number of H-pyrrole nitrogens is 1. The zero-order valence-corrected chi connectivity index (χ0v) is 15.2. The second-order valence-electron chi connectivity index (χ2n) is 8.04. The van der Waals surface area contributed by atoms with Gasteiger partial charge in [0.15, 0.2) is 0 Å². The Morgan fingerprint density at radius 2 is 2.17 bits per heavy atom. The van der Waals surface area contributed by atoms with Crippen molar-refractivity contribution >= 4 is 5.91 Å². The topological polar surface area (TPSA) is 61.5 Å². The van der Waals surface area contributed by atoms with Crippen LogP contribution in [0, 0.1) is 5.92 Å². The minimum atomic E-state index is 0.0696. The average molecular weight is 334 g/mol. The number of amides is 1. The summed E-state index contributed by atoms with van der Waals surface area (Å²) < 4.78 is 5.36. The minimum absolute atomic E-state index is 0.0696. The number of nitrogens with one attached hydrogen (secondary N) is 1. The Morgan fingerprint density at radius 3 is 2.83 bits per heavy atom. The van der Waals surface area contributed by atoms with E-state index in [1.165, 1.54) is 0 Å². The van der Waals surface area contributed by atoms with Crippen LogP contribution in [0.4, 0.5) is 0 Å². The summed E-state index contributed by atoms with van der Waals surface area (Å²) in [7, 11) is 0. The van der Waals surface area contributed by atoms with Crippen molar-refractivity contribution in [3.05, 3.63) is 17.5 Å². The van der Waals surface area contributed by atoms with Crippen molar-refractivity contribution in [2.75, 3.05) is 39.4 Å². The van der Waals surface area contributed by atoms with Gasteiger partial charge in [-0.15, -0.1) is 0 Å². The first-order chi connectivity index (χ1) is 11.4. The molecule has 6 nitrogen and oxygen atoms in total. The first-order valence-electron chi connectivity index (χ1n) is 9.07. The summed E-state index contributed by atoms with van der Waals surface area (Å²) in [5.74, 6) is 0.365. The second kappa shape index (κ2) is 7.23. The summed E-state index contributed by atoms with van der Waals surface area (Å²) in [6.45, 7) is 12.3. The number of ether oxygens (including phenoxy) is 1. The number of rotatable bonds is 3. The molecule has 1 unspecified atom stereocenters. The molecule has 0 saturated carbocycles. The van der Waals surface area contributed by atoms with Gasteiger partial charge in [0.1, 0.15) is 0 Å². The summed E-state index contributed by atoms with van der Waals surface area (Å²) in [6, 6.07) is 2.17. The maximum atomic E-state index is 12.5. The van der Waals surface area contributed by atoms with Crippen LogP contribution >= 0.6 is 0 Å². The van der Waals surface area contributed by atoms with E-state index >= 15 is 0 Å². The average Bonchev–Trinajstić information content (AvgIpc) is 3.15. The van der Waals surface area contributed by atoms with Gasteiger partial charge in [-0.25, -0.2) is 0 Å². The predicted octanol–water partition coefficient (Wildman–Crippen LogP) is 1.78. The zero-order valence-electron chi connectivity index (χ0n) is 15.2.